The van der Waals surface area contributed by atoms with Crippen LogP contribution < -0.4 is 21.3 Å². The van der Waals surface area contributed by atoms with Crippen LogP contribution in [0.2, 0.25) is 0 Å². The first-order valence-corrected chi connectivity index (χ1v) is 11.1. The predicted molar refractivity (Wildman–Crippen MR) is 130 cm³/mol. The molecule has 2 aromatic carbocycles. The summed E-state index contributed by atoms with van der Waals surface area (Å²) in [5.74, 6) is -1.14. The Morgan fingerprint density at radius 3 is 2.47 bits per heavy atom. The molecule has 1 heterocycles. The SMILES string of the molecule is Cc1ccc(F)c(NC(=O)Nc2ccc(-c3snc(NC(=O)NCCC(=O)O)c3C)c(C)c2)c1. The molecular weight excluding hydrogens is 461 g/mol. The van der Waals surface area contributed by atoms with Crippen LogP contribution in [0, 0.1) is 26.6 Å². The van der Waals surface area contributed by atoms with Crippen molar-refractivity contribution < 1.29 is 23.9 Å². The number of aliphatic carboxylic acids is 1. The number of carbonyl (C=O) groups is 3. The molecule has 5 N–H and O–H groups in total. The molecule has 3 rings (SSSR count). The second-order valence-corrected chi connectivity index (χ2v) is 8.38. The van der Waals surface area contributed by atoms with Gasteiger partial charge in [0.25, 0.3) is 0 Å². The van der Waals surface area contributed by atoms with Crippen molar-refractivity contribution in [1.29, 1.82) is 0 Å². The van der Waals surface area contributed by atoms with E-state index < -0.39 is 23.8 Å². The first kappa shape index (κ1) is 24.6. The number of carboxylic acids is 1. The van der Waals surface area contributed by atoms with Gasteiger partial charge in [-0.2, -0.15) is 4.37 Å². The van der Waals surface area contributed by atoms with E-state index in [0.29, 0.717) is 11.5 Å². The zero-order valence-electron chi connectivity index (χ0n) is 18.8. The van der Waals surface area contributed by atoms with E-state index >= 15 is 0 Å². The van der Waals surface area contributed by atoms with Crippen LogP contribution in [0.4, 0.5) is 31.2 Å². The van der Waals surface area contributed by atoms with Gasteiger partial charge in [-0.15, -0.1) is 0 Å². The Morgan fingerprint density at radius 2 is 1.76 bits per heavy atom. The fraction of sp³-hybridized carbons (Fsp3) is 0.217. The number of carbonyl (C=O) groups excluding carboxylic acids is 2. The van der Waals surface area contributed by atoms with Crippen LogP contribution in [-0.2, 0) is 4.79 Å². The molecule has 0 bridgehead atoms. The molecule has 0 saturated heterocycles. The Labute approximate surface area is 199 Å². The molecule has 0 aliphatic carbocycles. The van der Waals surface area contributed by atoms with Crippen molar-refractivity contribution >= 4 is 46.8 Å². The highest BCUT2D eigenvalue weighted by Gasteiger charge is 2.16. The summed E-state index contributed by atoms with van der Waals surface area (Å²) in [7, 11) is 0. The summed E-state index contributed by atoms with van der Waals surface area (Å²) in [6, 6.07) is 8.70. The second-order valence-electron chi connectivity index (χ2n) is 7.60. The van der Waals surface area contributed by atoms with Gasteiger partial charge in [-0.3, -0.25) is 10.1 Å². The van der Waals surface area contributed by atoms with Crippen molar-refractivity contribution in [2.75, 3.05) is 22.5 Å². The van der Waals surface area contributed by atoms with Gasteiger partial charge >= 0.3 is 18.0 Å². The molecule has 4 amide bonds. The Morgan fingerprint density at radius 1 is 1.00 bits per heavy atom. The number of amides is 4. The highest BCUT2D eigenvalue weighted by molar-refractivity contribution is 7.10. The van der Waals surface area contributed by atoms with Crippen molar-refractivity contribution in [3.63, 3.8) is 0 Å². The second kappa shape index (κ2) is 10.8. The zero-order valence-corrected chi connectivity index (χ0v) is 19.6. The third kappa shape index (κ3) is 6.29. The maximum Gasteiger partial charge on any atom is 0.323 e. The van der Waals surface area contributed by atoms with E-state index in [-0.39, 0.29) is 18.7 Å². The molecule has 3 aromatic rings. The molecule has 0 aliphatic rings. The topological polar surface area (TPSA) is 132 Å². The average molecular weight is 486 g/mol. The number of aromatic nitrogens is 1. The van der Waals surface area contributed by atoms with E-state index in [9.17, 15) is 18.8 Å². The van der Waals surface area contributed by atoms with Crippen LogP contribution in [-0.4, -0.2) is 34.1 Å². The van der Waals surface area contributed by atoms with Crippen LogP contribution in [0.25, 0.3) is 10.4 Å². The third-order valence-electron chi connectivity index (χ3n) is 4.88. The molecule has 0 atom stereocenters. The molecule has 0 fully saturated rings. The summed E-state index contributed by atoms with van der Waals surface area (Å²) >= 11 is 1.21. The van der Waals surface area contributed by atoms with Crippen molar-refractivity contribution in [1.82, 2.24) is 9.69 Å². The van der Waals surface area contributed by atoms with Crippen LogP contribution in [0.1, 0.15) is 23.1 Å². The number of rotatable bonds is 7. The van der Waals surface area contributed by atoms with E-state index in [0.717, 1.165) is 27.1 Å². The fourth-order valence-electron chi connectivity index (χ4n) is 3.15. The van der Waals surface area contributed by atoms with E-state index in [1.807, 2.05) is 19.9 Å². The lowest BCUT2D eigenvalue weighted by atomic mass is 10.0. The molecule has 0 unspecified atom stereocenters. The number of nitrogens with zero attached hydrogens (tertiary/aromatic N) is 1. The predicted octanol–water partition coefficient (Wildman–Crippen LogP) is 5.11. The van der Waals surface area contributed by atoms with Crippen LogP contribution in [0.3, 0.4) is 0 Å². The normalized spacial score (nSPS) is 10.5. The number of hydrogen-bond acceptors (Lipinski definition) is 5. The molecule has 0 radical (unpaired) electrons. The lowest BCUT2D eigenvalue weighted by molar-refractivity contribution is -0.136. The maximum atomic E-state index is 13.9. The molecule has 0 saturated carbocycles. The summed E-state index contributed by atoms with van der Waals surface area (Å²) in [5.41, 5.74) is 3.95. The molecule has 34 heavy (non-hydrogen) atoms. The number of benzene rings is 2. The Hall–Kier alpha value is -3.99. The molecule has 0 aliphatic heterocycles. The quantitative estimate of drug-likeness (QED) is 0.317. The van der Waals surface area contributed by atoms with E-state index in [2.05, 4.69) is 25.6 Å². The number of anilines is 3. The zero-order chi connectivity index (χ0) is 24.8. The first-order valence-electron chi connectivity index (χ1n) is 10.3. The third-order valence-corrected chi connectivity index (χ3v) is 5.86. The summed E-state index contributed by atoms with van der Waals surface area (Å²) < 4.78 is 18.2. The van der Waals surface area contributed by atoms with Gasteiger partial charge in [-0.05, 0) is 73.3 Å². The van der Waals surface area contributed by atoms with Gasteiger partial charge in [0.2, 0.25) is 0 Å². The van der Waals surface area contributed by atoms with Crippen LogP contribution in [0.15, 0.2) is 36.4 Å². The van der Waals surface area contributed by atoms with E-state index in [1.54, 1.807) is 31.2 Å². The fourth-order valence-corrected chi connectivity index (χ4v) is 4.08. The molecular formula is C23H24FN5O4S. The average Bonchev–Trinajstić information content (AvgIpc) is 3.10. The van der Waals surface area contributed by atoms with Crippen molar-refractivity contribution in [2.45, 2.75) is 27.2 Å². The number of carboxylic acid groups (broad SMARTS) is 1. The minimum atomic E-state index is -0.999. The van der Waals surface area contributed by atoms with E-state index in [1.165, 1.54) is 17.6 Å². The molecule has 11 heteroatoms. The Balaban J connectivity index is 1.67. The molecule has 0 spiro atoms. The monoisotopic (exact) mass is 485 g/mol. The lowest BCUT2D eigenvalue weighted by Crippen LogP contribution is -2.30. The smallest absolute Gasteiger partial charge is 0.323 e. The van der Waals surface area contributed by atoms with Gasteiger partial charge in [0, 0.05) is 17.8 Å². The standard InChI is InChI=1S/C23H24FN5O4S/c1-12-4-7-17(24)18(10-12)27-23(33)26-15-5-6-16(13(2)11-15)20-14(3)21(29-34-20)28-22(32)25-9-8-19(30)31/h4-7,10-11H,8-9H2,1-3H3,(H,30,31)(H2,26,27,33)(H2,25,28,29,32). The van der Waals surface area contributed by atoms with Gasteiger partial charge in [0.15, 0.2) is 5.82 Å². The minimum Gasteiger partial charge on any atom is -0.481 e. The first-order chi connectivity index (χ1) is 16.1. The summed E-state index contributed by atoms with van der Waals surface area (Å²) in [6.07, 6.45) is -0.174. The number of hydrogen-bond donors (Lipinski definition) is 5. The minimum absolute atomic E-state index is 0.00881. The van der Waals surface area contributed by atoms with Crippen molar-refractivity contribution in [3.05, 3.63) is 58.9 Å². The van der Waals surface area contributed by atoms with Crippen LogP contribution in [0.5, 0.6) is 0 Å². The van der Waals surface area contributed by atoms with Gasteiger partial charge < -0.3 is 21.1 Å². The number of halogens is 1. The lowest BCUT2D eigenvalue weighted by Gasteiger charge is -2.11. The van der Waals surface area contributed by atoms with Gasteiger partial charge in [0.05, 0.1) is 17.0 Å². The number of aryl methyl sites for hydroxylation is 2. The Bertz CT molecular complexity index is 1240. The van der Waals surface area contributed by atoms with Gasteiger partial charge in [-0.1, -0.05) is 12.1 Å². The van der Waals surface area contributed by atoms with Gasteiger partial charge in [-0.25, -0.2) is 14.0 Å². The van der Waals surface area contributed by atoms with Gasteiger partial charge in [0.1, 0.15) is 5.82 Å². The molecule has 1 aromatic heterocycles. The summed E-state index contributed by atoms with van der Waals surface area (Å²) in [5, 5.41) is 18.9. The highest BCUT2D eigenvalue weighted by Crippen LogP contribution is 2.35. The number of nitrogens with one attached hydrogen (secondary N) is 4. The number of urea groups is 2. The van der Waals surface area contributed by atoms with E-state index in [4.69, 9.17) is 5.11 Å². The Kier molecular flexibility index (Phi) is 7.79. The highest BCUT2D eigenvalue weighted by atomic mass is 32.1. The summed E-state index contributed by atoms with van der Waals surface area (Å²) in [4.78, 5) is 35.7. The summed E-state index contributed by atoms with van der Waals surface area (Å²) in [6.45, 7) is 5.51. The largest absolute Gasteiger partial charge is 0.481 e. The van der Waals surface area contributed by atoms with Crippen molar-refractivity contribution in [3.8, 4) is 10.4 Å². The van der Waals surface area contributed by atoms with Crippen molar-refractivity contribution in [2.24, 2.45) is 0 Å². The molecule has 178 valence electrons. The van der Waals surface area contributed by atoms with Crippen LogP contribution >= 0.6 is 11.5 Å². The molecule has 9 nitrogen and oxygen atoms in total. The maximum absolute atomic E-state index is 13.9.